The van der Waals surface area contributed by atoms with Crippen LogP contribution in [0, 0.1) is 11.6 Å². The molecule has 0 saturated heterocycles. The monoisotopic (exact) mass is 439 g/mol. The summed E-state index contributed by atoms with van der Waals surface area (Å²) in [6, 6.07) is 5.84. The van der Waals surface area contributed by atoms with E-state index in [0.29, 0.717) is 12.1 Å². The molecular formula is C20H14F5N3O3. The fraction of sp³-hybridized carbons (Fsp3) is 0.150. The van der Waals surface area contributed by atoms with E-state index in [1.165, 1.54) is 31.6 Å². The highest BCUT2D eigenvalue weighted by Gasteiger charge is 2.33. The van der Waals surface area contributed by atoms with Crippen molar-refractivity contribution in [3.63, 3.8) is 0 Å². The molecule has 0 saturated carbocycles. The average molecular weight is 439 g/mol. The zero-order valence-electron chi connectivity index (χ0n) is 15.8. The number of rotatable bonds is 5. The van der Waals surface area contributed by atoms with Gasteiger partial charge in [0.05, 0.1) is 11.6 Å². The summed E-state index contributed by atoms with van der Waals surface area (Å²) in [5, 5.41) is 2.46. The summed E-state index contributed by atoms with van der Waals surface area (Å²) in [4.78, 5) is 28.0. The van der Waals surface area contributed by atoms with Crippen LogP contribution in [0.25, 0.3) is 0 Å². The Kier molecular flexibility index (Phi) is 6.04. The van der Waals surface area contributed by atoms with Crippen LogP contribution in [0.4, 0.5) is 22.0 Å². The van der Waals surface area contributed by atoms with E-state index in [1.807, 2.05) is 0 Å². The van der Waals surface area contributed by atoms with Crippen molar-refractivity contribution in [3.8, 4) is 5.75 Å². The molecule has 0 aliphatic rings. The van der Waals surface area contributed by atoms with E-state index in [2.05, 4.69) is 15.0 Å². The van der Waals surface area contributed by atoms with Gasteiger partial charge < -0.3 is 14.6 Å². The molecule has 11 heteroatoms. The number of carbonyl (C=O) groups is 1. The molecule has 0 aliphatic heterocycles. The van der Waals surface area contributed by atoms with Gasteiger partial charge in [0.2, 0.25) is 5.56 Å². The van der Waals surface area contributed by atoms with Gasteiger partial charge in [0.25, 0.3) is 5.91 Å². The number of halogens is 5. The number of hydrogen-bond acceptors (Lipinski definition) is 4. The van der Waals surface area contributed by atoms with Gasteiger partial charge >= 0.3 is 6.36 Å². The van der Waals surface area contributed by atoms with Gasteiger partial charge in [0.1, 0.15) is 11.5 Å². The summed E-state index contributed by atoms with van der Waals surface area (Å²) in [6.07, 6.45) is -2.63. The van der Waals surface area contributed by atoms with Gasteiger partial charge in [-0.3, -0.25) is 14.6 Å². The molecule has 1 amide bonds. The van der Waals surface area contributed by atoms with Crippen molar-refractivity contribution in [1.82, 2.24) is 14.9 Å². The summed E-state index contributed by atoms with van der Waals surface area (Å²) >= 11 is 0. The Hall–Kier alpha value is -3.76. The second kappa shape index (κ2) is 8.54. The Morgan fingerprint density at radius 1 is 1.13 bits per heavy atom. The Labute approximate surface area is 171 Å². The maximum Gasteiger partial charge on any atom is 0.573 e. The van der Waals surface area contributed by atoms with Gasteiger partial charge in [0.15, 0.2) is 11.6 Å². The standard InChI is InChI=1S/C20H14F5N3O3/c1-28-10-12(5-7-16(28)29)19(30)27-17(18-13(21)3-2-8-26-18)11-4-6-15(14(22)9-11)31-20(23,24)25/h2-10,17H,1H3,(H,27,30)/t17-/m0/s1. The zero-order valence-corrected chi connectivity index (χ0v) is 15.8. The Balaban J connectivity index is 2.00. The summed E-state index contributed by atoms with van der Waals surface area (Å²) in [5.74, 6) is -4.03. The highest BCUT2D eigenvalue weighted by atomic mass is 19.4. The fourth-order valence-corrected chi connectivity index (χ4v) is 2.77. The highest BCUT2D eigenvalue weighted by molar-refractivity contribution is 5.94. The average Bonchev–Trinajstić information content (AvgIpc) is 2.69. The van der Waals surface area contributed by atoms with E-state index in [0.717, 1.165) is 22.8 Å². The third kappa shape index (κ3) is 5.24. The molecule has 1 N–H and O–H groups in total. The lowest BCUT2D eigenvalue weighted by atomic mass is 10.0. The lowest BCUT2D eigenvalue weighted by Crippen LogP contribution is -2.31. The van der Waals surface area contributed by atoms with Crippen LogP contribution in [-0.2, 0) is 7.05 Å². The maximum absolute atomic E-state index is 14.4. The number of nitrogens with one attached hydrogen (secondary N) is 1. The summed E-state index contributed by atoms with van der Waals surface area (Å²) < 4.78 is 70.5. The van der Waals surface area contributed by atoms with Crippen molar-refractivity contribution in [3.05, 3.63) is 93.7 Å². The van der Waals surface area contributed by atoms with Crippen LogP contribution in [-0.4, -0.2) is 21.8 Å². The molecule has 0 radical (unpaired) electrons. The first-order valence-corrected chi connectivity index (χ1v) is 8.68. The van der Waals surface area contributed by atoms with Crippen LogP contribution in [0.1, 0.15) is 27.7 Å². The Bertz CT molecular complexity index is 1180. The van der Waals surface area contributed by atoms with Crippen molar-refractivity contribution >= 4 is 5.91 Å². The van der Waals surface area contributed by atoms with Gasteiger partial charge in [-0.25, -0.2) is 8.78 Å². The largest absolute Gasteiger partial charge is 0.573 e. The van der Waals surface area contributed by atoms with Crippen LogP contribution in [0.5, 0.6) is 5.75 Å². The van der Waals surface area contributed by atoms with Crippen LogP contribution >= 0.6 is 0 Å². The first-order valence-electron chi connectivity index (χ1n) is 8.68. The molecular weight excluding hydrogens is 425 g/mol. The van der Waals surface area contributed by atoms with Gasteiger partial charge in [-0.2, -0.15) is 0 Å². The van der Waals surface area contributed by atoms with Gasteiger partial charge in [-0.1, -0.05) is 6.07 Å². The Morgan fingerprint density at radius 3 is 2.48 bits per heavy atom. The number of aryl methyl sites for hydroxylation is 1. The minimum atomic E-state index is -5.10. The number of pyridine rings is 2. The van der Waals surface area contributed by atoms with Crippen LogP contribution in [0.15, 0.2) is 59.7 Å². The molecule has 2 heterocycles. The third-order valence-corrected chi connectivity index (χ3v) is 4.20. The summed E-state index contributed by atoms with van der Waals surface area (Å²) in [7, 11) is 1.42. The number of aromatic nitrogens is 2. The zero-order chi connectivity index (χ0) is 22.8. The van der Waals surface area contributed by atoms with Gasteiger partial charge in [-0.15, -0.1) is 13.2 Å². The third-order valence-electron chi connectivity index (χ3n) is 4.20. The van der Waals surface area contributed by atoms with Crippen LogP contribution in [0.2, 0.25) is 0 Å². The molecule has 0 aliphatic carbocycles. The quantitative estimate of drug-likeness (QED) is 0.618. The van der Waals surface area contributed by atoms with E-state index >= 15 is 0 Å². The number of nitrogens with zero attached hydrogens (tertiary/aromatic N) is 2. The lowest BCUT2D eigenvalue weighted by molar-refractivity contribution is -0.275. The van der Waals surface area contributed by atoms with E-state index in [-0.39, 0.29) is 22.4 Å². The SMILES string of the molecule is Cn1cc(C(=O)N[C@@H](c2ccc(OC(F)(F)F)c(F)c2)c2ncccc2F)ccc1=O. The van der Waals surface area contributed by atoms with Crippen LogP contribution in [0.3, 0.4) is 0 Å². The fourth-order valence-electron chi connectivity index (χ4n) is 2.77. The normalized spacial score (nSPS) is 12.3. The maximum atomic E-state index is 14.4. The second-order valence-corrected chi connectivity index (χ2v) is 6.38. The molecule has 0 fully saturated rings. The predicted molar refractivity (Wildman–Crippen MR) is 98.3 cm³/mol. The molecule has 6 nitrogen and oxygen atoms in total. The number of benzene rings is 1. The molecule has 2 aromatic heterocycles. The van der Waals surface area contributed by atoms with E-state index < -0.39 is 35.7 Å². The number of carbonyl (C=O) groups excluding carboxylic acids is 1. The van der Waals surface area contributed by atoms with E-state index in [1.54, 1.807) is 0 Å². The minimum Gasteiger partial charge on any atom is -0.403 e. The van der Waals surface area contributed by atoms with E-state index in [9.17, 15) is 31.5 Å². The topological polar surface area (TPSA) is 73.2 Å². The molecule has 0 bridgehead atoms. The minimum absolute atomic E-state index is 0.0425. The van der Waals surface area contributed by atoms with Crippen LogP contribution < -0.4 is 15.6 Å². The molecule has 162 valence electrons. The van der Waals surface area contributed by atoms with Gasteiger partial charge in [0, 0.05) is 25.5 Å². The van der Waals surface area contributed by atoms with Crippen molar-refractivity contribution in [2.75, 3.05) is 0 Å². The highest BCUT2D eigenvalue weighted by Crippen LogP contribution is 2.30. The molecule has 0 spiro atoms. The number of amides is 1. The van der Waals surface area contributed by atoms with Crippen molar-refractivity contribution < 1.29 is 31.5 Å². The molecule has 0 unspecified atom stereocenters. The van der Waals surface area contributed by atoms with E-state index in [4.69, 9.17) is 0 Å². The lowest BCUT2D eigenvalue weighted by Gasteiger charge is -2.20. The Morgan fingerprint density at radius 2 is 1.87 bits per heavy atom. The number of alkyl halides is 3. The molecule has 31 heavy (non-hydrogen) atoms. The molecule has 3 rings (SSSR count). The number of ether oxygens (including phenoxy) is 1. The smallest absolute Gasteiger partial charge is 0.403 e. The summed E-state index contributed by atoms with van der Waals surface area (Å²) in [5.41, 5.74) is -0.695. The van der Waals surface area contributed by atoms with Crippen molar-refractivity contribution in [1.29, 1.82) is 0 Å². The number of hydrogen-bond donors (Lipinski definition) is 1. The molecule has 1 aromatic carbocycles. The molecule has 3 aromatic rings. The van der Waals surface area contributed by atoms with Crippen molar-refractivity contribution in [2.45, 2.75) is 12.4 Å². The predicted octanol–water partition coefficient (Wildman–Crippen LogP) is 3.48. The van der Waals surface area contributed by atoms with Crippen molar-refractivity contribution in [2.24, 2.45) is 7.05 Å². The summed E-state index contributed by atoms with van der Waals surface area (Å²) in [6.45, 7) is 0. The first-order chi connectivity index (χ1) is 14.5. The molecule has 1 atom stereocenters. The second-order valence-electron chi connectivity index (χ2n) is 6.38. The first kappa shape index (κ1) is 21.9. The van der Waals surface area contributed by atoms with Gasteiger partial charge in [-0.05, 0) is 35.9 Å².